The molecule has 0 fully saturated rings. The summed E-state index contributed by atoms with van der Waals surface area (Å²) in [5.41, 5.74) is 4.22. The number of hydrogen-bond acceptors (Lipinski definition) is 2. The van der Waals surface area contributed by atoms with Crippen molar-refractivity contribution in [3.63, 3.8) is 0 Å². The molecular weight excluding hydrogens is 236 g/mol. The van der Waals surface area contributed by atoms with Crippen LogP contribution in [0.1, 0.15) is 0 Å². The second-order valence-electron chi connectivity index (χ2n) is 5.34. The van der Waals surface area contributed by atoms with E-state index in [4.69, 9.17) is 0 Å². The first-order valence-corrected chi connectivity index (χ1v) is 6.31. The summed E-state index contributed by atoms with van der Waals surface area (Å²) in [5, 5.41) is 11.8. The number of hydrogen-bond donors (Lipinski definition) is 0. The van der Waals surface area contributed by atoms with Gasteiger partial charge in [-0.15, -0.1) is 0 Å². The molecule has 0 unspecified atom stereocenters. The highest BCUT2D eigenvalue weighted by atomic mass is 16.5. The van der Waals surface area contributed by atoms with Crippen molar-refractivity contribution in [2.75, 3.05) is 33.1 Å². The van der Waals surface area contributed by atoms with Gasteiger partial charge in [-0.2, -0.15) is 0 Å². The Kier molecular flexibility index (Phi) is 3.60. The minimum Gasteiger partial charge on any atom is -0.628 e. The summed E-state index contributed by atoms with van der Waals surface area (Å²) in [4.78, 5) is 2.07. The molecule has 0 radical (unpaired) electrons. The van der Waals surface area contributed by atoms with Gasteiger partial charge in [-0.05, 0) is 35.4 Å². The molecule has 0 bridgehead atoms. The average molecular weight is 256 g/mol. The third-order valence-corrected chi connectivity index (χ3v) is 3.21. The summed E-state index contributed by atoms with van der Waals surface area (Å²) < 4.78 is -0.403. The number of anilines is 1. The van der Waals surface area contributed by atoms with Crippen LogP contribution < -0.4 is 9.55 Å². The maximum atomic E-state index is 11.8. The van der Waals surface area contributed by atoms with Crippen LogP contribution >= 0.6 is 0 Å². The lowest BCUT2D eigenvalue weighted by atomic mass is 10.0. The van der Waals surface area contributed by atoms with Gasteiger partial charge in [0.05, 0.1) is 14.1 Å². The van der Waals surface area contributed by atoms with Gasteiger partial charge in [0.25, 0.3) is 0 Å². The van der Waals surface area contributed by atoms with E-state index >= 15 is 0 Å². The minimum absolute atomic E-state index is 0.403. The molecule has 0 amide bonds. The quantitative estimate of drug-likeness (QED) is 0.620. The summed E-state index contributed by atoms with van der Waals surface area (Å²) in [6.45, 7) is 0. The van der Waals surface area contributed by atoms with Gasteiger partial charge in [0.1, 0.15) is 5.69 Å². The lowest BCUT2D eigenvalue weighted by Gasteiger charge is -2.33. The summed E-state index contributed by atoms with van der Waals surface area (Å²) in [7, 11) is 7.30. The maximum Gasteiger partial charge on any atom is 0.132 e. The Morgan fingerprint density at radius 1 is 0.789 bits per heavy atom. The molecule has 3 heteroatoms. The molecule has 0 heterocycles. The lowest BCUT2D eigenvalue weighted by Crippen LogP contribution is -2.32. The largest absolute Gasteiger partial charge is 0.628 e. The third kappa shape index (κ3) is 3.13. The van der Waals surface area contributed by atoms with Crippen LogP contribution in [0.15, 0.2) is 48.5 Å². The lowest BCUT2D eigenvalue weighted by molar-refractivity contribution is 0.543. The topological polar surface area (TPSA) is 26.3 Å². The maximum absolute atomic E-state index is 11.8. The van der Waals surface area contributed by atoms with E-state index < -0.39 is 4.65 Å². The van der Waals surface area contributed by atoms with Crippen LogP contribution in [0.2, 0.25) is 0 Å². The van der Waals surface area contributed by atoms with Crippen LogP contribution in [0.5, 0.6) is 0 Å². The summed E-state index contributed by atoms with van der Waals surface area (Å²) in [6, 6.07) is 16.2. The Hall–Kier alpha value is -1.84. The second kappa shape index (κ2) is 5.03. The highest BCUT2D eigenvalue weighted by Crippen LogP contribution is 2.26. The molecule has 100 valence electrons. The van der Waals surface area contributed by atoms with E-state index in [9.17, 15) is 5.21 Å². The van der Waals surface area contributed by atoms with Crippen LogP contribution in [0, 0.1) is 5.21 Å². The minimum atomic E-state index is -0.403. The van der Waals surface area contributed by atoms with Crippen LogP contribution in [-0.4, -0.2) is 28.2 Å². The zero-order valence-electron chi connectivity index (χ0n) is 11.9. The highest BCUT2D eigenvalue weighted by Gasteiger charge is 2.07. The first-order valence-electron chi connectivity index (χ1n) is 6.31. The van der Waals surface area contributed by atoms with Gasteiger partial charge in [-0.25, -0.2) is 0 Å². The summed E-state index contributed by atoms with van der Waals surface area (Å²) in [5.74, 6) is 0. The van der Waals surface area contributed by atoms with E-state index in [2.05, 4.69) is 29.2 Å². The molecule has 2 aromatic rings. The van der Waals surface area contributed by atoms with E-state index in [0.717, 1.165) is 16.8 Å². The van der Waals surface area contributed by atoms with Crippen molar-refractivity contribution < 1.29 is 0 Å². The van der Waals surface area contributed by atoms with Crippen LogP contribution in [0.25, 0.3) is 11.1 Å². The number of benzene rings is 2. The Morgan fingerprint density at radius 3 is 1.58 bits per heavy atom. The second-order valence-corrected chi connectivity index (χ2v) is 5.34. The van der Waals surface area contributed by atoms with Crippen molar-refractivity contribution in [1.82, 2.24) is 4.65 Å². The molecule has 0 spiro atoms. The van der Waals surface area contributed by atoms with Crippen molar-refractivity contribution in [3.05, 3.63) is 53.7 Å². The van der Waals surface area contributed by atoms with E-state index in [1.807, 2.05) is 38.4 Å². The monoisotopic (exact) mass is 256 g/mol. The van der Waals surface area contributed by atoms with E-state index in [0.29, 0.717) is 0 Å². The van der Waals surface area contributed by atoms with Crippen molar-refractivity contribution >= 4 is 11.4 Å². The fourth-order valence-corrected chi connectivity index (χ4v) is 1.96. The molecule has 0 atom stereocenters. The fourth-order valence-electron chi connectivity index (χ4n) is 1.96. The molecule has 0 aliphatic carbocycles. The van der Waals surface area contributed by atoms with Gasteiger partial charge in [0, 0.05) is 31.9 Å². The zero-order chi connectivity index (χ0) is 14.0. The van der Waals surface area contributed by atoms with Gasteiger partial charge in [-0.3, -0.25) is 0 Å². The number of quaternary nitrogens is 1. The number of nitrogens with zero attached hydrogens (tertiary/aromatic N) is 2. The van der Waals surface area contributed by atoms with Crippen molar-refractivity contribution in [2.24, 2.45) is 0 Å². The molecule has 0 N–H and O–H groups in total. The van der Waals surface area contributed by atoms with Gasteiger partial charge >= 0.3 is 0 Å². The smallest absolute Gasteiger partial charge is 0.132 e. The SMILES string of the molecule is CN(C)c1ccc(-c2ccc([N+](C)(C)[O-])cc2)cc1. The van der Waals surface area contributed by atoms with Gasteiger partial charge in [-0.1, -0.05) is 12.1 Å². The molecule has 0 aliphatic heterocycles. The van der Waals surface area contributed by atoms with Crippen molar-refractivity contribution in [2.45, 2.75) is 0 Å². The molecule has 2 rings (SSSR count). The molecular formula is C16H20N2O. The molecule has 0 saturated heterocycles. The number of rotatable bonds is 3. The highest BCUT2D eigenvalue weighted by molar-refractivity contribution is 5.68. The Balaban J connectivity index is 2.27. The summed E-state index contributed by atoms with van der Waals surface area (Å²) >= 11 is 0. The van der Waals surface area contributed by atoms with E-state index in [1.165, 1.54) is 5.69 Å². The third-order valence-electron chi connectivity index (χ3n) is 3.21. The van der Waals surface area contributed by atoms with Crippen molar-refractivity contribution in [1.29, 1.82) is 0 Å². The predicted molar refractivity (Wildman–Crippen MR) is 83.2 cm³/mol. The standard InChI is InChI=1S/C16H20N2O/c1-17(2)15-9-5-13(6-10-15)14-7-11-16(12-8-14)18(3,4)19/h5-12H,1-4H3. The molecule has 0 saturated carbocycles. The van der Waals surface area contributed by atoms with Gasteiger partial charge in [0.2, 0.25) is 0 Å². The number of hydroxylamine groups is 2. The molecule has 3 nitrogen and oxygen atoms in total. The fraction of sp³-hybridized carbons (Fsp3) is 0.250. The van der Waals surface area contributed by atoms with Crippen LogP contribution in [-0.2, 0) is 0 Å². The summed E-state index contributed by atoms with van der Waals surface area (Å²) in [6.07, 6.45) is 0. The van der Waals surface area contributed by atoms with Crippen molar-refractivity contribution in [3.8, 4) is 11.1 Å². The normalized spacial score (nSPS) is 11.4. The van der Waals surface area contributed by atoms with Gasteiger partial charge in [0.15, 0.2) is 0 Å². The zero-order valence-corrected chi connectivity index (χ0v) is 11.9. The van der Waals surface area contributed by atoms with Crippen LogP contribution in [0.3, 0.4) is 0 Å². The first kappa shape index (κ1) is 13.6. The predicted octanol–water partition coefficient (Wildman–Crippen LogP) is 3.48. The molecule has 19 heavy (non-hydrogen) atoms. The Labute approximate surface area is 114 Å². The molecule has 2 aromatic carbocycles. The van der Waals surface area contributed by atoms with Crippen LogP contribution in [0.4, 0.5) is 11.4 Å². The first-order chi connectivity index (χ1) is 8.88. The van der Waals surface area contributed by atoms with E-state index in [-0.39, 0.29) is 0 Å². The Morgan fingerprint density at radius 2 is 1.21 bits per heavy atom. The average Bonchev–Trinajstić information content (AvgIpc) is 2.38. The molecule has 0 aliphatic rings. The molecule has 0 aromatic heterocycles. The Bertz CT molecular complexity index is 536. The van der Waals surface area contributed by atoms with Gasteiger partial charge < -0.3 is 14.8 Å². The van der Waals surface area contributed by atoms with E-state index in [1.54, 1.807) is 14.1 Å².